The highest BCUT2D eigenvalue weighted by Crippen LogP contribution is 2.20. The molecule has 0 fully saturated rings. The number of nitrogens with one attached hydrogen (secondary N) is 1. The lowest BCUT2D eigenvalue weighted by molar-refractivity contribution is 0.0951. The fourth-order valence-electron chi connectivity index (χ4n) is 1.79. The van der Waals surface area contributed by atoms with Crippen molar-refractivity contribution in [2.45, 2.75) is 6.92 Å². The molecule has 2 rings (SSSR count). The summed E-state index contributed by atoms with van der Waals surface area (Å²) < 4.78 is 10.5. The highest BCUT2D eigenvalue weighted by Gasteiger charge is 2.13. The molecule has 0 saturated heterocycles. The molecule has 0 radical (unpaired) electrons. The number of amides is 1. The zero-order valence-corrected chi connectivity index (χ0v) is 11.1. The molecule has 6 nitrogen and oxygen atoms in total. The van der Waals surface area contributed by atoms with E-state index >= 15 is 0 Å². The molecule has 1 aromatic heterocycles. The second-order valence-electron chi connectivity index (χ2n) is 4.12. The number of rotatable bonds is 5. The number of ether oxygens (including phenoxy) is 1. The van der Waals surface area contributed by atoms with Crippen molar-refractivity contribution in [3.63, 3.8) is 0 Å². The van der Waals surface area contributed by atoms with Crippen molar-refractivity contribution in [1.82, 2.24) is 5.32 Å². The molecule has 0 aliphatic carbocycles. The summed E-state index contributed by atoms with van der Waals surface area (Å²) >= 11 is 0. The molecule has 2 aromatic rings. The van der Waals surface area contributed by atoms with Crippen molar-refractivity contribution >= 4 is 16.9 Å². The lowest BCUT2D eigenvalue weighted by atomic mass is 10.1. The summed E-state index contributed by atoms with van der Waals surface area (Å²) in [5, 5.41) is 3.20. The molecule has 0 aliphatic heterocycles. The summed E-state index contributed by atoms with van der Waals surface area (Å²) in [6.45, 7) is 3.00. The van der Waals surface area contributed by atoms with Crippen LogP contribution in [-0.4, -0.2) is 25.6 Å². The van der Waals surface area contributed by atoms with Crippen LogP contribution in [0.3, 0.4) is 0 Å². The first-order valence-corrected chi connectivity index (χ1v) is 6.34. The maximum Gasteiger partial charge on any atom is 0.349 e. The van der Waals surface area contributed by atoms with E-state index in [1.165, 1.54) is 6.07 Å². The highest BCUT2D eigenvalue weighted by atomic mass is 16.5. The van der Waals surface area contributed by atoms with Crippen LogP contribution in [0, 0.1) is 0 Å². The third-order valence-corrected chi connectivity index (χ3v) is 2.69. The number of fused-ring (bicyclic) bond motifs is 1. The summed E-state index contributed by atoms with van der Waals surface area (Å²) in [5.74, 6) is 0.128. The van der Waals surface area contributed by atoms with Crippen molar-refractivity contribution < 1.29 is 13.9 Å². The molecule has 0 unspecified atom stereocenters. The normalized spacial score (nSPS) is 10.5. The smallest absolute Gasteiger partial charge is 0.349 e. The molecular formula is C14H16N2O4. The Labute approximate surface area is 115 Å². The molecule has 1 aromatic carbocycles. The average Bonchev–Trinajstić information content (AvgIpc) is 2.44. The van der Waals surface area contributed by atoms with E-state index in [4.69, 9.17) is 14.9 Å². The van der Waals surface area contributed by atoms with Crippen LogP contribution in [0.4, 0.5) is 0 Å². The molecule has 106 valence electrons. The van der Waals surface area contributed by atoms with E-state index in [0.717, 1.165) is 0 Å². The van der Waals surface area contributed by atoms with Gasteiger partial charge in [-0.05, 0) is 25.1 Å². The minimum Gasteiger partial charge on any atom is -0.494 e. The van der Waals surface area contributed by atoms with Crippen LogP contribution < -0.4 is 21.4 Å². The van der Waals surface area contributed by atoms with Crippen molar-refractivity contribution in [2.24, 2.45) is 5.73 Å². The molecule has 0 bridgehead atoms. The standard InChI is InChI=1S/C14H16N2O4/c1-2-19-10-4-3-9-7-11(13(17)16-6-5-15)14(18)20-12(9)8-10/h3-4,7-8H,2,5-6,15H2,1H3,(H,16,17). The minimum absolute atomic E-state index is 0.0323. The van der Waals surface area contributed by atoms with Crippen LogP contribution in [0.5, 0.6) is 5.75 Å². The molecule has 3 N–H and O–H groups in total. The number of benzene rings is 1. The zero-order chi connectivity index (χ0) is 14.5. The van der Waals surface area contributed by atoms with Crippen molar-refractivity contribution in [1.29, 1.82) is 0 Å². The average molecular weight is 276 g/mol. The predicted molar refractivity (Wildman–Crippen MR) is 75.0 cm³/mol. The van der Waals surface area contributed by atoms with Gasteiger partial charge in [0.15, 0.2) is 0 Å². The topological polar surface area (TPSA) is 94.6 Å². The van der Waals surface area contributed by atoms with Gasteiger partial charge >= 0.3 is 5.63 Å². The fraction of sp³-hybridized carbons (Fsp3) is 0.286. The SMILES string of the molecule is CCOc1ccc2cc(C(=O)NCCN)c(=O)oc2c1. The van der Waals surface area contributed by atoms with Crippen molar-refractivity contribution in [3.8, 4) is 5.75 Å². The molecule has 0 saturated carbocycles. The molecule has 0 aliphatic rings. The Morgan fingerprint density at radius 2 is 2.20 bits per heavy atom. The second-order valence-corrected chi connectivity index (χ2v) is 4.12. The first-order valence-electron chi connectivity index (χ1n) is 6.34. The Morgan fingerprint density at radius 1 is 1.40 bits per heavy atom. The molecule has 20 heavy (non-hydrogen) atoms. The van der Waals surface area contributed by atoms with E-state index in [9.17, 15) is 9.59 Å². The summed E-state index contributed by atoms with van der Waals surface area (Å²) in [6.07, 6.45) is 0. The van der Waals surface area contributed by atoms with Gasteiger partial charge in [0.1, 0.15) is 16.9 Å². The first kappa shape index (κ1) is 14.1. The summed E-state index contributed by atoms with van der Waals surface area (Å²) in [6, 6.07) is 6.63. The predicted octanol–water partition coefficient (Wildman–Crippen LogP) is 0.880. The van der Waals surface area contributed by atoms with Gasteiger partial charge in [0.2, 0.25) is 0 Å². The van der Waals surface area contributed by atoms with Gasteiger partial charge in [-0.2, -0.15) is 0 Å². The molecule has 1 heterocycles. The second kappa shape index (κ2) is 6.21. The highest BCUT2D eigenvalue weighted by molar-refractivity contribution is 5.96. The van der Waals surface area contributed by atoms with Gasteiger partial charge in [0.05, 0.1) is 6.61 Å². The van der Waals surface area contributed by atoms with E-state index in [1.54, 1.807) is 18.2 Å². The van der Waals surface area contributed by atoms with Gasteiger partial charge in [-0.15, -0.1) is 0 Å². The molecular weight excluding hydrogens is 260 g/mol. The van der Waals surface area contributed by atoms with Gasteiger partial charge in [-0.25, -0.2) is 4.79 Å². The van der Waals surface area contributed by atoms with Crippen LogP contribution in [-0.2, 0) is 0 Å². The van der Waals surface area contributed by atoms with Gasteiger partial charge in [0.25, 0.3) is 5.91 Å². The van der Waals surface area contributed by atoms with Gasteiger partial charge in [-0.1, -0.05) is 0 Å². The van der Waals surface area contributed by atoms with Crippen LogP contribution in [0.2, 0.25) is 0 Å². The summed E-state index contributed by atoms with van der Waals surface area (Å²) in [5.41, 5.74) is 4.97. The van der Waals surface area contributed by atoms with E-state index < -0.39 is 11.5 Å². The number of hydrogen-bond donors (Lipinski definition) is 2. The Hall–Kier alpha value is -2.34. The lowest BCUT2D eigenvalue weighted by Crippen LogP contribution is -2.32. The number of nitrogens with two attached hydrogens (primary N) is 1. The Morgan fingerprint density at radius 3 is 2.90 bits per heavy atom. The number of hydrogen-bond acceptors (Lipinski definition) is 5. The van der Waals surface area contributed by atoms with Crippen molar-refractivity contribution in [3.05, 3.63) is 40.2 Å². The molecule has 6 heteroatoms. The maximum atomic E-state index is 11.8. The van der Waals surface area contributed by atoms with Crippen LogP contribution in [0.25, 0.3) is 11.0 Å². The largest absolute Gasteiger partial charge is 0.494 e. The van der Waals surface area contributed by atoms with E-state index in [-0.39, 0.29) is 5.56 Å². The van der Waals surface area contributed by atoms with Crippen LogP contribution >= 0.6 is 0 Å². The fourth-order valence-corrected chi connectivity index (χ4v) is 1.79. The van der Waals surface area contributed by atoms with Gasteiger partial charge in [0, 0.05) is 24.5 Å². The Bertz CT molecular complexity index is 678. The quantitative estimate of drug-likeness (QED) is 0.790. The molecule has 0 spiro atoms. The van der Waals surface area contributed by atoms with Crippen molar-refractivity contribution in [2.75, 3.05) is 19.7 Å². The Kier molecular flexibility index (Phi) is 4.37. The monoisotopic (exact) mass is 276 g/mol. The number of carbonyl (C=O) groups is 1. The van der Waals surface area contributed by atoms with E-state index in [2.05, 4.69) is 5.32 Å². The third-order valence-electron chi connectivity index (χ3n) is 2.69. The first-order chi connectivity index (χ1) is 9.65. The minimum atomic E-state index is -0.680. The molecule has 1 amide bonds. The third kappa shape index (κ3) is 2.97. The maximum absolute atomic E-state index is 11.8. The zero-order valence-electron chi connectivity index (χ0n) is 11.1. The summed E-state index contributed by atoms with van der Waals surface area (Å²) in [7, 11) is 0. The lowest BCUT2D eigenvalue weighted by Gasteiger charge is -2.06. The van der Waals surface area contributed by atoms with Crippen LogP contribution in [0.1, 0.15) is 17.3 Å². The van der Waals surface area contributed by atoms with Crippen LogP contribution in [0.15, 0.2) is 33.5 Å². The van der Waals surface area contributed by atoms with Gasteiger partial charge in [-0.3, -0.25) is 4.79 Å². The van der Waals surface area contributed by atoms with E-state index in [1.807, 2.05) is 6.92 Å². The van der Waals surface area contributed by atoms with Gasteiger partial charge < -0.3 is 20.2 Å². The summed E-state index contributed by atoms with van der Waals surface area (Å²) in [4.78, 5) is 23.6. The van der Waals surface area contributed by atoms with E-state index in [0.29, 0.717) is 36.4 Å². The number of carbonyl (C=O) groups excluding carboxylic acids is 1. The Balaban J connectivity index is 2.40. The molecule has 0 atom stereocenters.